The van der Waals surface area contributed by atoms with Crippen molar-refractivity contribution in [3.8, 4) is 22.3 Å². The molecule has 31 heavy (non-hydrogen) atoms. The molecule has 0 heterocycles. The third kappa shape index (κ3) is 2.31. The van der Waals surface area contributed by atoms with Crippen molar-refractivity contribution in [3.05, 3.63) is 117 Å². The van der Waals surface area contributed by atoms with Crippen molar-refractivity contribution in [2.75, 3.05) is 0 Å². The highest BCUT2D eigenvalue weighted by Crippen LogP contribution is 2.64. The van der Waals surface area contributed by atoms with E-state index in [4.69, 9.17) is 0 Å². The van der Waals surface area contributed by atoms with Crippen molar-refractivity contribution in [2.24, 2.45) is 0 Å². The predicted molar refractivity (Wildman–Crippen MR) is 120 cm³/mol. The van der Waals surface area contributed by atoms with Gasteiger partial charge in [-0.05, 0) is 69.6 Å². The van der Waals surface area contributed by atoms with Crippen LogP contribution >= 0.6 is 15.9 Å². The summed E-state index contributed by atoms with van der Waals surface area (Å²) in [5.74, 6) is 0. The van der Waals surface area contributed by atoms with E-state index in [1.54, 1.807) is 6.07 Å². The van der Waals surface area contributed by atoms with Crippen LogP contribution < -0.4 is 0 Å². The SMILES string of the molecule is Cc1ccc2c(c1)C1(c3cc(C(F)(F)F)ccc3-2)c2ccccc2-c2cccc(Br)c21. The smallest absolute Gasteiger partial charge is 0.166 e. The van der Waals surface area contributed by atoms with Crippen molar-refractivity contribution < 1.29 is 13.2 Å². The van der Waals surface area contributed by atoms with Gasteiger partial charge in [0.05, 0.1) is 11.0 Å². The molecule has 2 aliphatic rings. The molecule has 152 valence electrons. The van der Waals surface area contributed by atoms with E-state index in [0.717, 1.165) is 49.0 Å². The highest BCUT2D eigenvalue weighted by atomic mass is 79.9. The number of halogens is 4. The number of hydrogen-bond donors (Lipinski definition) is 0. The predicted octanol–water partition coefficient (Wildman–Crippen LogP) is 8.12. The van der Waals surface area contributed by atoms with Crippen LogP contribution in [0.3, 0.4) is 0 Å². The van der Waals surface area contributed by atoms with Crippen molar-refractivity contribution >= 4 is 15.9 Å². The van der Waals surface area contributed by atoms with Gasteiger partial charge in [-0.1, -0.05) is 82.2 Å². The lowest BCUT2D eigenvalue weighted by Crippen LogP contribution is -2.27. The van der Waals surface area contributed by atoms with Crippen LogP contribution in [0.5, 0.6) is 0 Å². The van der Waals surface area contributed by atoms with Crippen LogP contribution in [-0.2, 0) is 11.6 Å². The second kappa shape index (κ2) is 6.10. The summed E-state index contributed by atoms with van der Waals surface area (Å²) in [6, 6.07) is 24.5. The Hall–Kier alpha value is -2.85. The molecule has 0 aromatic heterocycles. The molecule has 0 fully saturated rings. The van der Waals surface area contributed by atoms with E-state index < -0.39 is 17.2 Å². The average Bonchev–Trinajstić information content (AvgIpc) is 3.20. The first-order valence-corrected chi connectivity index (χ1v) is 10.8. The lowest BCUT2D eigenvalue weighted by Gasteiger charge is -2.31. The van der Waals surface area contributed by atoms with Crippen LogP contribution in [0.15, 0.2) is 83.3 Å². The molecule has 1 unspecified atom stereocenters. The quantitative estimate of drug-likeness (QED) is 0.207. The highest BCUT2D eigenvalue weighted by molar-refractivity contribution is 9.10. The fourth-order valence-electron chi connectivity index (χ4n) is 5.48. The van der Waals surface area contributed by atoms with Gasteiger partial charge in [-0.15, -0.1) is 0 Å². The molecule has 6 rings (SSSR count). The van der Waals surface area contributed by atoms with E-state index in [-0.39, 0.29) is 0 Å². The van der Waals surface area contributed by atoms with Gasteiger partial charge in [0.1, 0.15) is 0 Å². The van der Waals surface area contributed by atoms with Gasteiger partial charge in [-0.25, -0.2) is 0 Å². The van der Waals surface area contributed by atoms with Gasteiger partial charge in [0.25, 0.3) is 0 Å². The van der Waals surface area contributed by atoms with E-state index >= 15 is 0 Å². The van der Waals surface area contributed by atoms with E-state index in [9.17, 15) is 13.2 Å². The summed E-state index contributed by atoms with van der Waals surface area (Å²) >= 11 is 3.75. The maximum atomic E-state index is 13.8. The zero-order valence-corrected chi connectivity index (χ0v) is 18.1. The van der Waals surface area contributed by atoms with Gasteiger partial charge in [0, 0.05) is 4.47 Å². The molecule has 1 spiro atoms. The topological polar surface area (TPSA) is 0 Å². The van der Waals surface area contributed by atoms with E-state index in [2.05, 4.69) is 40.2 Å². The van der Waals surface area contributed by atoms with Gasteiger partial charge in [-0.3, -0.25) is 0 Å². The maximum Gasteiger partial charge on any atom is 0.416 e. The Labute approximate surface area is 186 Å². The Balaban J connectivity index is 1.85. The summed E-state index contributed by atoms with van der Waals surface area (Å²) in [6.45, 7) is 2.03. The molecular weight excluding hydrogens is 461 g/mol. The molecule has 4 heteroatoms. The number of alkyl halides is 3. The minimum Gasteiger partial charge on any atom is -0.166 e. The summed E-state index contributed by atoms with van der Waals surface area (Å²) in [4.78, 5) is 0. The van der Waals surface area contributed by atoms with Gasteiger partial charge < -0.3 is 0 Å². The molecule has 0 N–H and O–H groups in total. The van der Waals surface area contributed by atoms with Crippen LogP contribution in [0.4, 0.5) is 13.2 Å². The maximum absolute atomic E-state index is 13.8. The van der Waals surface area contributed by atoms with Crippen LogP contribution in [-0.4, -0.2) is 0 Å². The molecule has 4 aromatic rings. The van der Waals surface area contributed by atoms with Crippen LogP contribution in [0.1, 0.15) is 33.4 Å². The first-order chi connectivity index (χ1) is 14.8. The summed E-state index contributed by atoms with van der Waals surface area (Å²) in [7, 11) is 0. The average molecular weight is 477 g/mol. The lowest BCUT2D eigenvalue weighted by molar-refractivity contribution is -0.137. The van der Waals surface area contributed by atoms with Gasteiger partial charge >= 0.3 is 6.18 Å². The Morgan fingerprint density at radius 2 is 1.32 bits per heavy atom. The molecule has 2 aliphatic carbocycles. The van der Waals surface area contributed by atoms with Crippen LogP contribution in [0, 0.1) is 6.92 Å². The highest BCUT2D eigenvalue weighted by Gasteiger charge is 2.53. The van der Waals surface area contributed by atoms with Gasteiger partial charge in [0.15, 0.2) is 0 Å². The first kappa shape index (κ1) is 18.9. The third-order valence-corrected chi connectivity index (χ3v) is 7.29. The molecule has 0 saturated carbocycles. The second-order valence-electron chi connectivity index (χ2n) is 8.27. The molecule has 0 bridgehead atoms. The molecule has 0 aliphatic heterocycles. The molecule has 0 nitrogen and oxygen atoms in total. The molecule has 0 amide bonds. The fourth-order valence-corrected chi connectivity index (χ4v) is 6.15. The summed E-state index contributed by atoms with van der Waals surface area (Å²) in [5.41, 5.74) is 7.44. The van der Waals surface area contributed by atoms with Crippen LogP contribution in [0.25, 0.3) is 22.3 Å². The molecule has 4 aromatic carbocycles. The molecule has 0 radical (unpaired) electrons. The monoisotopic (exact) mass is 476 g/mol. The van der Waals surface area contributed by atoms with Crippen molar-refractivity contribution in [2.45, 2.75) is 18.5 Å². The minimum absolute atomic E-state index is 0.617. The summed E-state index contributed by atoms with van der Waals surface area (Å²) in [5, 5.41) is 0. The zero-order valence-electron chi connectivity index (χ0n) is 16.5. The third-order valence-electron chi connectivity index (χ3n) is 6.63. The van der Waals surface area contributed by atoms with Gasteiger partial charge in [-0.2, -0.15) is 13.2 Å². The van der Waals surface area contributed by atoms with Crippen molar-refractivity contribution in [1.29, 1.82) is 0 Å². The fraction of sp³-hybridized carbons (Fsp3) is 0.111. The Morgan fingerprint density at radius 3 is 2.10 bits per heavy atom. The number of aryl methyl sites for hydroxylation is 1. The first-order valence-electron chi connectivity index (χ1n) is 10.1. The minimum atomic E-state index is -4.41. The largest absolute Gasteiger partial charge is 0.416 e. The zero-order chi connectivity index (χ0) is 21.5. The van der Waals surface area contributed by atoms with Crippen molar-refractivity contribution in [3.63, 3.8) is 0 Å². The van der Waals surface area contributed by atoms with E-state index in [0.29, 0.717) is 5.56 Å². The molecule has 0 saturated heterocycles. The standard InChI is InChI=1S/C27H16BrF3/c1-15-9-11-18-19-12-10-16(27(29,30)31)14-23(19)26(22(18)13-15)21-7-3-2-5-17(21)20-6-4-8-24(28)25(20)26/h2-14H,1H3. The summed E-state index contributed by atoms with van der Waals surface area (Å²) in [6.07, 6.45) is -4.41. The Morgan fingerprint density at radius 1 is 0.677 bits per heavy atom. The van der Waals surface area contributed by atoms with Gasteiger partial charge in [0.2, 0.25) is 0 Å². The normalized spacial score (nSPS) is 18.0. The molecule has 1 atom stereocenters. The Kier molecular flexibility index (Phi) is 3.72. The molecular formula is C27H16BrF3. The summed E-state index contributed by atoms with van der Waals surface area (Å²) < 4.78 is 42.3. The number of benzene rings is 4. The second-order valence-corrected chi connectivity index (χ2v) is 9.12. The van der Waals surface area contributed by atoms with E-state index in [1.165, 1.54) is 12.1 Å². The number of fused-ring (bicyclic) bond motifs is 10. The number of hydrogen-bond acceptors (Lipinski definition) is 0. The van der Waals surface area contributed by atoms with Crippen molar-refractivity contribution in [1.82, 2.24) is 0 Å². The Bertz CT molecular complexity index is 1400. The van der Waals surface area contributed by atoms with Crippen LogP contribution in [0.2, 0.25) is 0 Å². The number of rotatable bonds is 0. The van der Waals surface area contributed by atoms with E-state index in [1.807, 2.05) is 43.3 Å². The lowest BCUT2D eigenvalue weighted by atomic mass is 9.70.